The van der Waals surface area contributed by atoms with Crippen LogP contribution in [0.15, 0.2) is 47.5 Å². The van der Waals surface area contributed by atoms with E-state index in [1.54, 1.807) is 0 Å². The number of para-hydroxylation sites is 1. The standard InChI is InChI=1S/C23H32NOP/c1-7-23(8-2,19-14-11-12-17(3)21(19)25)26-20-15-10-9-13-18(20)16-24-22(4,5)6/h9-16,25-26H,7-8H2,1-6H3. The number of phenolic OH excluding ortho intramolecular Hbond substituents is 1. The minimum absolute atomic E-state index is 0.0538. The van der Waals surface area contributed by atoms with E-state index in [1.807, 2.05) is 19.2 Å². The molecule has 0 saturated heterocycles. The second-order valence-corrected chi connectivity index (χ2v) is 9.65. The molecule has 2 rings (SSSR count). The lowest BCUT2D eigenvalue weighted by Gasteiger charge is -2.34. The van der Waals surface area contributed by atoms with Gasteiger partial charge in [-0.2, -0.15) is 0 Å². The first kappa shape index (κ1) is 20.6. The van der Waals surface area contributed by atoms with E-state index in [4.69, 9.17) is 4.99 Å². The molecule has 1 unspecified atom stereocenters. The van der Waals surface area contributed by atoms with Gasteiger partial charge in [-0.3, -0.25) is 4.99 Å². The molecule has 1 atom stereocenters. The summed E-state index contributed by atoms with van der Waals surface area (Å²) in [5.74, 6) is 0.449. The molecule has 140 valence electrons. The minimum Gasteiger partial charge on any atom is -0.507 e. The summed E-state index contributed by atoms with van der Waals surface area (Å²) in [6, 6.07) is 14.6. The number of benzene rings is 2. The Bertz CT molecular complexity index is 770. The lowest BCUT2D eigenvalue weighted by Crippen LogP contribution is -2.23. The van der Waals surface area contributed by atoms with Gasteiger partial charge in [0, 0.05) is 16.9 Å². The largest absolute Gasteiger partial charge is 0.507 e. The fraction of sp³-hybridized carbons (Fsp3) is 0.435. The van der Waals surface area contributed by atoms with Crippen LogP contribution in [0.5, 0.6) is 5.75 Å². The summed E-state index contributed by atoms with van der Waals surface area (Å²) in [5, 5.41) is 12.0. The molecule has 2 nitrogen and oxygen atoms in total. The first-order valence-electron chi connectivity index (χ1n) is 9.44. The van der Waals surface area contributed by atoms with Crippen molar-refractivity contribution in [2.75, 3.05) is 0 Å². The van der Waals surface area contributed by atoms with E-state index >= 15 is 0 Å². The molecule has 0 radical (unpaired) electrons. The predicted octanol–water partition coefficient (Wildman–Crippen LogP) is 5.94. The number of nitrogens with zero attached hydrogens (tertiary/aromatic N) is 1. The molecule has 0 amide bonds. The van der Waals surface area contributed by atoms with Crippen LogP contribution in [-0.2, 0) is 5.16 Å². The van der Waals surface area contributed by atoms with E-state index in [9.17, 15) is 5.11 Å². The molecular formula is C23H32NOP. The smallest absolute Gasteiger partial charge is 0.122 e. The van der Waals surface area contributed by atoms with Gasteiger partial charge in [0.15, 0.2) is 0 Å². The third kappa shape index (κ3) is 4.74. The van der Waals surface area contributed by atoms with Crippen LogP contribution in [-0.4, -0.2) is 16.9 Å². The van der Waals surface area contributed by atoms with Crippen LogP contribution in [0.25, 0.3) is 0 Å². The molecule has 2 aromatic carbocycles. The maximum absolute atomic E-state index is 10.7. The number of phenols is 1. The van der Waals surface area contributed by atoms with E-state index < -0.39 is 0 Å². The van der Waals surface area contributed by atoms with Crippen LogP contribution in [0.4, 0.5) is 0 Å². The first-order chi connectivity index (χ1) is 12.2. The molecule has 0 spiro atoms. The maximum atomic E-state index is 10.7. The monoisotopic (exact) mass is 369 g/mol. The van der Waals surface area contributed by atoms with Gasteiger partial charge in [-0.05, 0) is 57.0 Å². The average Bonchev–Trinajstić information content (AvgIpc) is 2.61. The van der Waals surface area contributed by atoms with E-state index in [0.29, 0.717) is 14.3 Å². The summed E-state index contributed by atoms with van der Waals surface area (Å²) in [5.41, 5.74) is 3.11. The molecule has 1 N–H and O–H groups in total. The van der Waals surface area contributed by atoms with Crippen molar-refractivity contribution >= 4 is 20.1 Å². The van der Waals surface area contributed by atoms with Crippen molar-refractivity contribution in [3.63, 3.8) is 0 Å². The highest BCUT2D eigenvalue weighted by molar-refractivity contribution is 7.48. The van der Waals surface area contributed by atoms with E-state index in [1.165, 1.54) is 10.9 Å². The zero-order valence-corrected chi connectivity index (χ0v) is 17.9. The Morgan fingerprint density at radius 1 is 1.00 bits per heavy atom. The van der Waals surface area contributed by atoms with Gasteiger partial charge in [-0.15, -0.1) is 0 Å². The molecule has 0 saturated carbocycles. The Hall–Kier alpha value is -1.66. The number of hydrogen-bond donors (Lipinski definition) is 1. The lowest BCUT2D eigenvalue weighted by atomic mass is 9.90. The topological polar surface area (TPSA) is 32.6 Å². The summed E-state index contributed by atoms with van der Waals surface area (Å²) in [7, 11) is 0.577. The second-order valence-electron chi connectivity index (χ2n) is 7.90. The zero-order valence-electron chi connectivity index (χ0n) is 16.9. The van der Waals surface area contributed by atoms with Crippen LogP contribution in [0, 0.1) is 6.92 Å². The second kappa shape index (κ2) is 8.35. The molecule has 0 aliphatic heterocycles. The molecule has 3 heteroatoms. The van der Waals surface area contributed by atoms with Gasteiger partial charge >= 0.3 is 0 Å². The summed E-state index contributed by atoms with van der Waals surface area (Å²) in [4.78, 5) is 4.70. The zero-order chi connectivity index (χ0) is 19.4. The number of aliphatic imine (C=N–C) groups is 1. The maximum Gasteiger partial charge on any atom is 0.122 e. The average molecular weight is 369 g/mol. The van der Waals surface area contributed by atoms with E-state index in [0.717, 1.165) is 24.0 Å². The van der Waals surface area contributed by atoms with Crippen LogP contribution < -0.4 is 5.30 Å². The quantitative estimate of drug-likeness (QED) is 0.496. The molecule has 0 aliphatic carbocycles. The molecule has 0 fully saturated rings. The number of rotatable bonds is 6. The molecule has 26 heavy (non-hydrogen) atoms. The molecule has 2 aromatic rings. The molecule has 0 aliphatic rings. The Morgan fingerprint density at radius 2 is 1.65 bits per heavy atom. The van der Waals surface area contributed by atoms with E-state index in [2.05, 4.69) is 71.0 Å². The fourth-order valence-corrected chi connectivity index (χ4v) is 4.84. The third-order valence-electron chi connectivity index (χ3n) is 4.89. The van der Waals surface area contributed by atoms with Gasteiger partial charge in [-0.25, -0.2) is 0 Å². The van der Waals surface area contributed by atoms with Crippen LogP contribution in [0.3, 0.4) is 0 Å². The molecule has 0 aromatic heterocycles. The Balaban J connectivity index is 2.49. The highest BCUT2D eigenvalue weighted by Gasteiger charge is 2.32. The van der Waals surface area contributed by atoms with Gasteiger partial charge in [0.1, 0.15) is 5.75 Å². The van der Waals surface area contributed by atoms with Gasteiger partial charge in [-0.1, -0.05) is 64.9 Å². The number of aromatic hydroxyl groups is 1. The van der Waals surface area contributed by atoms with Crippen LogP contribution >= 0.6 is 8.58 Å². The molecular weight excluding hydrogens is 337 g/mol. The third-order valence-corrected chi connectivity index (χ3v) is 7.07. The minimum atomic E-state index is -0.0857. The molecule has 0 heterocycles. The SMILES string of the molecule is CCC(CC)(Pc1ccccc1C=NC(C)(C)C)c1cccc(C)c1O. The lowest BCUT2D eigenvalue weighted by molar-refractivity contribution is 0.444. The highest BCUT2D eigenvalue weighted by atomic mass is 31.1. The van der Waals surface area contributed by atoms with Crippen molar-refractivity contribution in [1.82, 2.24) is 0 Å². The van der Waals surface area contributed by atoms with Crippen molar-refractivity contribution < 1.29 is 5.11 Å². The Labute approximate surface area is 160 Å². The van der Waals surface area contributed by atoms with Crippen LogP contribution in [0.2, 0.25) is 0 Å². The van der Waals surface area contributed by atoms with Gasteiger partial charge < -0.3 is 5.11 Å². The van der Waals surface area contributed by atoms with Crippen LogP contribution in [0.1, 0.15) is 64.2 Å². The highest BCUT2D eigenvalue weighted by Crippen LogP contribution is 2.50. The Kier molecular flexibility index (Phi) is 6.64. The predicted molar refractivity (Wildman–Crippen MR) is 117 cm³/mol. The summed E-state index contributed by atoms with van der Waals surface area (Å²) >= 11 is 0. The summed E-state index contributed by atoms with van der Waals surface area (Å²) in [6.07, 6.45) is 3.99. The van der Waals surface area contributed by atoms with Gasteiger partial charge in [0.25, 0.3) is 0 Å². The van der Waals surface area contributed by atoms with E-state index in [-0.39, 0.29) is 10.7 Å². The summed E-state index contributed by atoms with van der Waals surface area (Å²) in [6.45, 7) is 12.8. The molecule has 0 bridgehead atoms. The van der Waals surface area contributed by atoms with Crippen molar-refractivity contribution in [1.29, 1.82) is 0 Å². The fourth-order valence-electron chi connectivity index (χ4n) is 3.16. The Morgan fingerprint density at radius 3 is 2.27 bits per heavy atom. The van der Waals surface area contributed by atoms with Gasteiger partial charge in [0.05, 0.1) is 5.54 Å². The van der Waals surface area contributed by atoms with Gasteiger partial charge in [0.2, 0.25) is 0 Å². The number of aryl methyl sites for hydroxylation is 1. The first-order valence-corrected chi connectivity index (χ1v) is 10.4. The van der Waals surface area contributed by atoms with Crippen molar-refractivity contribution in [3.8, 4) is 5.75 Å². The van der Waals surface area contributed by atoms with Crippen molar-refractivity contribution in [2.45, 2.75) is 65.1 Å². The summed E-state index contributed by atoms with van der Waals surface area (Å²) < 4.78 is 0. The normalized spacial score (nSPS) is 13.2. The van der Waals surface area contributed by atoms with Crippen molar-refractivity contribution in [3.05, 3.63) is 59.2 Å². The number of hydrogen-bond acceptors (Lipinski definition) is 2. The van der Waals surface area contributed by atoms with Crippen molar-refractivity contribution in [2.24, 2.45) is 4.99 Å².